The lowest BCUT2D eigenvalue weighted by Crippen LogP contribution is -2.17. The van der Waals surface area contributed by atoms with Crippen molar-refractivity contribution in [3.8, 4) is 0 Å². The Hall–Kier alpha value is -1.78. The van der Waals surface area contributed by atoms with Crippen molar-refractivity contribution in [2.75, 3.05) is 5.32 Å². The zero-order valence-corrected chi connectivity index (χ0v) is 11.3. The molecule has 0 aliphatic carbocycles. The Balaban J connectivity index is 3.34. The lowest BCUT2D eigenvalue weighted by molar-refractivity contribution is 0.672. The van der Waals surface area contributed by atoms with Gasteiger partial charge >= 0.3 is 0 Å². The monoisotopic (exact) mass is 249 g/mol. The number of nitrogens with one attached hydrogen (secondary N) is 1. The molecule has 5 nitrogen and oxygen atoms in total. The number of hydrogen-bond acceptors (Lipinski definition) is 5. The molecule has 0 spiro atoms. The van der Waals surface area contributed by atoms with Crippen molar-refractivity contribution in [3.63, 3.8) is 0 Å². The first-order valence-corrected chi connectivity index (χ1v) is 6.16. The van der Waals surface area contributed by atoms with E-state index in [-0.39, 0.29) is 17.4 Å². The van der Waals surface area contributed by atoms with E-state index in [4.69, 9.17) is 0 Å². The molecular formula is C13H19N3O2. The van der Waals surface area contributed by atoms with Crippen molar-refractivity contribution in [1.82, 2.24) is 0 Å². The third-order valence-electron chi connectivity index (χ3n) is 3.32. The van der Waals surface area contributed by atoms with Crippen molar-refractivity contribution in [2.24, 2.45) is 10.4 Å². The van der Waals surface area contributed by atoms with E-state index in [2.05, 4.69) is 15.7 Å². The van der Waals surface area contributed by atoms with E-state index in [0.717, 1.165) is 24.0 Å². The van der Waals surface area contributed by atoms with Gasteiger partial charge in [0.2, 0.25) is 0 Å². The van der Waals surface area contributed by atoms with Gasteiger partial charge in [0.1, 0.15) is 11.4 Å². The fraction of sp³-hybridized carbons (Fsp3) is 0.538. The molecule has 98 valence electrons. The van der Waals surface area contributed by atoms with Gasteiger partial charge in [-0.25, -0.2) is 0 Å². The van der Waals surface area contributed by atoms with Gasteiger partial charge in [-0.1, -0.05) is 13.8 Å². The molecule has 0 aromatic heterocycles. The Kier molecular flexibility index (Phi) is 4.95. The van der Waals surface area contributed by atoms with Crippen LogP contribution in [0.5, 0.6) is 0 Å². The summed E-state index contributed by atoms with van der Waals surface area (Å²) in [6.45, 7) is 7.74. The van der Waals surface area contributed by atoms with Crippen LogP contribution in [0.3, 0.4) is 0 Å². The maximum absolute atomic E-state index is 11.0. The van der Waals surface area contributed by atoms with Crippen LogP contribution < -0.4 is 5.32 Å². The molecule has 0 bridgehead atoms. The van der Waals surface area contributed by atoms with Gasteiger partial charge in [-0.05, 0) is 54.2 Å². The van der Waals surface area contributed by atoms with Crippen LogP contribution in [0.4, 0.5) is 17.1 Å². The number of rotatable bonds is 6. The van der Waals surface area contributed by atoms with Gasteiger partial charge in [-0.15, -0.1) is 9.81 Å². The molecule has 0 heterocycles. The third kappa shape index (κ3) is 2.72. The smallest absolute Gasteiger partial charge is 0.136 e. The van der Waals surface area contributed by atoms with E-state index in [1.165, 1.54) is 0 Å². The molecule has 1 aromatic rings. The van der Waals surface area contributed by atoms with Crippen LogP contribution in [0.25, 0.3) is 0 Å². The summed E-state index contributed by atoms with van der Waals surface area (Å²) in [7, 11) is 0. The average Bonchev–Trinajstić information content (AvgIpc) is 2.39. The third-order valence-corrected chi connectivity index (χ3v) is 3.32. The van der Waals surface area contributed by atoms with Gasteiger partial charge in [-0.3, -0.25) is 0 Å². The lowest BCUT2D eigenvalue weighted by atomic mass is 10.0. The molecule has 0 aliphatic rings. The largest absolute Gasteiger partial charge is 0.379 e. The van der Waals surface area contributed by atoms with Gasteiger partial charge in [0, 0.05) is 6.04 Å². The van der Waals surface area contributed by atoms with Crippen LogP contribution in [0.15, 0.2) is 16.4 Å². The summed E-state index contributed by atoms with van der Waals surface area (Å²) >= 11 is 0. The van der Waals surface area contributed by atoms with Crippen molar-refractivity contribution in [1.29, 1.82) is 0 Å². The van der Waals surface area contributed by atoms with Crippen LogP contribution in [-0.4, -0.2) is 6.04 Å². The molecule has 0 radical (unpaired) electrons. The summed E-state index contributed by atoms with van der Waals surface area (Å²) in [4.78, 5) is 21.9. The molecule has 0 atom stereocenters. The summed E-state index contributed by atoms with van der Waals surface area (Å²) in [5.41, 5.74) is 2.62. The quantitative estimate of drug-likeness (QED) is 0.743. The van der Waals surface area contributed by atoms with Crippen molar-refractivity contribution >= 4 is 17.1 Å². The van der Waals surface area contributed by atoms with E-state index in [1.54, 1.807) is 6.07 Å². The maximum Gasteiger partial charge on any atom is 0.136 e. The van der Waals surface area contributed by atoms with Gasteiger partial charge in [-0.2, -0.15) is 0 Å². The summed E-state index contributed by atoms with van der Waals surface area (Å²) < 4.78 is 0. The number of nitrogens with zero attached hydrogens (tertiary/aromatic N) is 2. The molecular weight excluding hydrogens is 230 g/mol. The summed E-state index contributed by atoms with van der Waals surface area (Å²) in [6, 6.07) is 1.88. The summed E-state index contributed by atoms with van der Waals surface area (Å²) in [5.74, 6) is 0. The minimum Gasteiger partial charge on any atom is -0.379 e. The van der Waals surface area contributed by atoms with Crippen LogP contribution >= 0.6 is 0 Å². The highest BCUT2D eigenvalue weighted by Gasteiger charge is 2.17. The van der Waals surface area contributed by atoms with Crippen LogP contribution in [0.1, 0.15) is 37.8 Å². The SMILES string of the molecule is CCC(CC)Nc1c(N=O)cc(C)c(C)c1N=O. The second kappa shape index (κ2) is 6.23. The standard InChI is InChI=1S/C13H19N3O2/c1-5-10(6-2)14-13-11(15-17)7-8(3)9(4)12(13)16-18/h7,10,14H,5-6H2,1-4H3. The highest BCUT2D eigenvalue weighted by Crippen LogP contribution is 2.40. The highest BCUT2D eigenvalue weighted by molar-refractivity contribution is 5.82. The second-order valence-electron chi connectivity index (χ2n) is 4.40. The number of aryl methyl sites for hydroxylation is 1. The molecule has 0 amide bonds. The minimum atomic E-state index is 0.202. The molecule has 0 aliphatic heterocycles. The van der Waals surface area contributed by atoms with Gasteiger partial charge in [0.05, 0.1) is 5.69 Å². The zero-order chi connectivity index (χ0) is 13.7. The summed E-state index contributed by atoms with van der Waals surface area (Å²) in [6.07, 6.45) is 1.81. The van der Waals surface area contributed by atoms with Crippen molar-refractivity contribution in [3.05, 3.63) is 27.0 Å². The molecule has 18 heavy (non-hydrogen) atoms. The topological polar surface area (TPSA) is 70.9 Å². The van der Waals surface area contributed by atoms with E-state index in [0.29, 0.717) is 5.69 Å². The molecule has 1 aromatic carbocycles. The summed E-state index contributed by atoms with van der Waals surface area (Å²) in [5, 5.41) is 9.24. The Morgan fingerprint density at radius 3 is 2.22 bits per heavy atom. The molecule has 5 heteroatoms. The predicted molar refractivity (Wildman–Crippen MR) is 74.8 cm³/mol. The number of benzene rings is 1. The highest BCUT2D eigenvalue weighted by atomic mass is 16.3. The first kappa shape index (κ1) is 14.3. The Morgan fingerprint density at radius 1 is 1.17 bits per heavy atom. The molecule has 1 rings (SSSR count). The van der Waals surface area contributed by atoms with Gasteiger partial charge in [0.15, 0.2) is 0 Å². The first-order chi connectivity index (χ1) is 8.58. The van der Waals surface area contributed by atoms with Gasteiger partial charge in [0.25, 0.3) is 0 Å². The molecule has 0 fully saturated rings. The normalized spacial score (nSPS) is 10.5. The van der Waals surface area contributed by atoms with Crippen molar-refractivity contribution < 1.29 is 0 Å². The van der Waals surface area contributed by atoms with Gasteiger partial charge < -0.3 is 5.32 Å². The van der Waals surface area contributed by atoms with E-state index in [1.807, 2.05) is 27.7 Å². The van der Waals surface area contributed by atoms with Crippen LogP contribution in [0.2, 0.25) is 0 Å². The van der Waals surface area contributed by atoms with E-state index >= 15 is 0 Å². The number of anilines is 1. The maximum atomic E-state index is 11.0. The van der Waals surface area contributed by atoms with Crippen LogP contribution in [-0.2, 0) is 0 Å². The fourth-order valence-corrected chi connectivity index (χ4v) is 1.91. The molecule has 0 saturated carbocycles. The molecule has 0 unspecified atom stereocenters. The van der Waals surface area contributed by atoms with Crippen molar-refractivity contribution in [2.45, 2.75) is 46.6 Å². The van der Waals surface area contributed by atoms with E-state index < -0.39 is 0 Å². The Labute approximate surface area is 107 Å². The first-order valence-electron chi connectivity index (χ1n) is 6.16. The Morgan fingerprint density at radius 2 is 1.78 bits per heavy atom. The van der Waals surface area contributed by atoms with E-state index in [9.17, 15) is 9.81 Å². The Bertz CT molecular complexity index is 454. The lowest BCUT2D eigenvalue weighted by Gasteiger charge is -2.19. The average molecular weight is 249 g/mol. The van der Waals surface area contributed by atoms with Crippen LogP contribution in [0, 0.1) is 23.7 Å². The zero-order valence-electron chi connectivity index (χ0n) is 11.3. The number of nitroso groups, excluding NO2 is 2. The minimum absolute atomic E-state index is 0.202. The second-order valence-corrected chi connectivity index (χ2v) is 4.40. The predicted octanol–water partition coefficient (Wildman–Crippen LogP) is 4.70. The molecule has 0 saturated heterocycles. The number of hydrogen-bond donors (Lipinski definition) is 1. The fourth-order valence-electron chi connectivity index (χ4n) is 1.91. The molecule has 1 N–H and O–H groups in total.